The van der Waals surface area contributed by atoms with Gasteiger partial charge in [0.2, 0.25) is 5.82 Å². The van der Waals surface area contributed by atoms with Gasteiger partial charge in [0.15, 0.2) is 5.82 Å². The quantitative estimate of drug-likeness (QED) is 0.151. The normalized spacial score (nSPS) is 11.4. The maximum absolute atomic E-state index is 14.4. The minimum Gasteiger partial charge on any atom is -0.329 e. The first-order valence-corrected chi connectivity index (χ1v) is 8.72. The number of non-ortho nitro benzene ring substituents is 1. The summed E-state index contributed by atoms with van der Waals surface area (Å²) in [5.74, 6) is -3.77. The van der Waals surface area contributed by atoms with Gasteiger partial charge in [-0.3, -0.25) is 30.3 Å². The molecule has 0 N–H and O–H groups in total. The predicted molar refractivity (Wildman–Crippen MR) is 100 cm³/mol. The molecule has 172 valence electrons. The lowest BCUT2D eigenvalue weighted by Crippen LogP contribution is -2.24. The number of benzene rings is 2. The summed E-state index contributed by atoms with van der Waals surface area (Å²) < 4.78 is 69.8. The van der Waals surface area contributed by atoms with Crippen LogP contribution < -0.4 is 4.90 Å². The molecule has 17 heteroatoms. The van der Waals surface area contributed by atoms with Gasteiger partial charge in [-0.25, -0.2) is 4.39 Å². The lowest BCUT2D eigenvalue weighted by Gasteiger charge is -2.27. The molecule has 0 saturated heterocycles. The molecule has 0 atom stereocenters. The summed E-state index contributed by atoms with van der Waals surface area (Å²) in [4.78, 5) is 29.8. The summed E-state index contributed by atoms with van der Waals surface area (Å²) in [6, 6.07) is 0.100. The molecule has 0 aromatic heterocycles. The summed E-state index contributed by atoms with van der Waals surface area (Å²) in [6.45, 7) is 0.262. The molecule has 0 heterocycles. The summed E-state index contributed by atoms with van der Waals surface area (Å²) in [7, 11) is 0. The molecule has 32 heavy (non-hydrogen) atoms. The fourth-order valence-electron chi connectivity index (χ4n) is 2.80. The van der Waals surface area contributed by atoms with Crippen molar-refractivity contribution in [2.24, 2.45) is 0 Å². The second-order valence-electron chi connectivity index (χ2n) is 5.83. The molecular weight excluding hydrogens is 498 g/mol. The molecule has 0 radical (unpaired) electrons. The zero-order chi connectivity index (χ0) is 24.7. The number of nitrogens with zero attached hydrogens (tertiary/aromatic N) is 4. The zero-order valence-corrected chi connectivity index (χ0v) is 16.8. The molecule has 2 rings (SSSR count). The van der Waals surface area contributed by atoms with Crippen LogP contribution in [-0.4, -0.2) is 21.3 Å². The van der Waals surface area contributed by atoms with Crippen LogP contribution in [0, 0.1) is 42.0 Å². The first-order valence-electron chi connectivity index (χ1n) is 7.96. The highest BCUT2D eigenvalue weighted by Gasteiger charge is 2.44. The molecule has 0 unspecified atom stereocenters. The van der Waals surface area contributed by atoms with Gasteiger partial charge in [0, 0.05) is 12.6 Å². The van der Waals surface area contributed by atoms with Gasteiger partial charge >= 0.3 is 11.9 Å². The summed E-state index contributed by atoms with van der Waals surface area (Å²) >= 11 is 11.0. The lowest BCUT2D eigenvalue weighted by atomic mass is 10.1. The molecule has 0 bridgehead atoms. The molecule has 0 aliphatic rings. The Morgan fingerprint density at radius 3 is 1.88 bits per heavy atom. The molecule has 2 aromatic rings. The maximum Gasteiger partial charge on any atom is 0.418 e. The number of halogens is 7. The largest absolute Gasteiger partial charge is 0.418 e. The van der Waals surface area contributed by atoms with Crippen molar-refractivity contribution in [2.75, 3.05) is 11.4 Å². The molecule has 0 amide bonds. The van der Waals surface area contributed by atoms with E-state index in [0.717, 1.165) is 6.92 Å². The highest BCUT2D eigenvalue weighted by Crippen LogP contribution is 2.51. The van der Waals surface area contributed by atoms with Crippen LogP contribution in [0.5, 0.6) is 0 Å². The van der Waals surface area contributed by atoms with E-state index in [0.29, 0.717) is 0 Å². The van der Waals surface area contributed by atoms with Crippen LogP contribution in [0.25, 0.3) is 0 Å². The topological polar surface area (TPSA) is 133 Å². The molecule has 0 aliphatic carbocycles. The van der Waals surface area contributed by atoms with E-state index in [1.807, 2.05) is 0 Å². The fraction of sp³-hybridized carbons (Fsp3) is 0.200. The Kier molecular flexibility index (Phi) is 6.75. The molecule has 0 fully saturated rings. The van der Waals surface area contributed by atoms with Crippen LogP contribution in [-0.2, 0) is 6.18 Å². The van der Waals surface area contributed by atoms with Gasteiger partial charge in [-0.1, -0.05) is 23.2 Å². The second-order valence-corrected chi connectivity index (χ2v) is 6.58. The molecule has 10 nitrogen and oxygen atoms in total. The van der Waals surface area contributed by atoms with Gasteiger partial charge in [-0.2, -0.15) is 17.6 Å². The smallest absolute Gasteiger partial charge is 0.329 e. The van der Waals surface area contributed by atoms with E-state index >= 15 is 0 Å². The fourth-order valence-corrected chi connectivity index (χ4v) is 3.32. The van der Waals surface area contributed by atoms with Crippen molar-refractivity contribution in [1.82, 2.24) is 0 Å². The Hall–Kier alpha value is -3.33. The molecular formula is C15H7Cl2F5N4O6. The molecule has 2 aromatic carbocycles. The van der Waals surface area contributed by atoms with Crippen molar-refractivity contribution in [2.45, 2.75) is 13.1 Å². The van der Waals surface area contributed by atoms with Crippen LogP contribution in [0.15, 0.2) is 12.1 Å². The van der Waals surface area contributed by atoms with Gasteiger partial charge in [0.05, 0.1) is 26.4 Å². The third-order valence-corrected chi connectivity index (χ3v) is 4.72. The minimum absolute atomic E-state index is 0.0621. The van der Waals surface area contributed by atoms with E-state index in [2.05, 4.69) is 0 Å². The third kappa shape index (κ3) is 4.20. The Morgan fingerprint density at radius 2 is 1.47 bits per heavy atom. The Morgan fingerprint density at radius 1 is 0.906 bits per heavy atom. The van der Waals surface area contributed by atoms with Crippen LogP contribution >= 0.6 is 23.2 Å². The van der Waals surface area contributed by atoms with Crippen molar-refractivity contribution in [1.29, 1.82) is 0 Å². The van der Waals surface area contributed by atoms with Crippen LogP contribution in [0.2, 0.25) is 10.0 Å². The number of alkyl halides is 3. The average Bonchev–Trinajstić information content (AvgIpc) is 2.68. The standard InChI is InChI=1S/C15H7Cl2F5N4O6/c1-2-23(13-9(17)10(18)8(16)11(19)14(13)26(31)32)12-6(15(20,21)22)3-5(24(27)28)4-7(12)25(29)30/h3-4H,2H2,1H3. The molecule has 0 spiro atoms. The molecule has 0 saturated carbocycles. The molecule has 0 aliphatic heterocycles. The Bertz CT molecular complexity index is 1160. The van der Waals surface area contributed by atoms with Crippen molar-refractivity contribution >= 4 is 51.6 Å². The first-order chi connectivity index (χ1) is 14.6. The summed E-state index contributed by atoms with van der Waals surface area (Å²) in [5, 5.41) is 31.1. The van der Waals surface area contributed by atoms with Crippen LogP contribution in [0.1, 0.15) is 12.5 Å². The van der Waals surface area contributed by atoms with Crippen molar-refractivity contribution in [3.63, 3.8) is 0 Å². The first kappa shape index (κ1) is 24.9. The maximum atomic E-state index is 14.4. The summed E-state index contributed by atoms with van der Waals surface area (Å²) in [5.41, 5.74) is -9.24. The second kappa shape index (κ2) is 8.66. The minimum atomic E-state index is -5.47. The van der Waals surface area contributed by atoms with Crippen molar-refractivity contribution in [3.8, 4) is 0 Å². The van der Waals surface area contributed by atoms with E-state index in [4.69, 9.17) is 23.2 Å². The van der Waals surface area contributed by atoms with E-state index < -0.39 is 83.2 Å². The van der Waals surface area contributed by atoms with E-state index in [1.165, 1.54) is 0 Å². The van der Waals surface area contributed by atoms with E-state index in [1.54, 1.807) is 0 Å². The lowest BCUT2D eigenvalue weighted by molar-refractivity contribution is -0.394. The Balaban J connectivity index is 3.14. The number of nitro benzene ring substituents is 3. The van der Waals surface area contributed by atoms with Crippen LogP contribution in [0.3, 0.4) is 0 Å². The SMILES string of the molecule is CCN(c1c([N+](=O)[O-])cc([N+](=O)[O-])cc1C(F)(F)F)c1c(Cl)c(F)c(Cl)c(F)c1[N+](=O)[O-]. The number of nitro groups is 3. The van der Waals surface area contributed by atoms with Crippen LogP contribution in [0.4, 0.5) is 50.4 Å². The zero-order valence-electron chi connectivity index (χ0n) is 15.2. The highest BCUT2D eigenvalue weighted by molar-refractivity contribution is 6.37. The van der Waals surface area contributed by atoms with E-state index in [9.17, 15) is 52.3 Å². The third-order valence-electron chi connectivity index (χ3n) is 4.04. The predicted octanol–water partition coefficient (Wildman–Crippen LogP) is 6.17. The van der Waals surface area contributed by atoms with Crippen molar-refractivity contribution < 1.29 is 36.7 Å². The van der Waals surface area contributed by atoms with Gasteiger partial charge in [0.1, 0.15) is 21.4 Å². The van der Waals surface area contributed by atoms with Gasteiger partial charge < -0.3 is 4.90 Å². The average molecular weight is 505 g/mol. The number of anilines is 2. The monoisotopic (exact) mass is 504 g/mol. The van der Waals surface area contributed by atoms with Crippen molar-refractivity contribution in [3.05, 3.63) is 69.7 Å². The number of hydrogen-bond donors (Lipinski definition) is 0. The number of hydrogen-bond acceptors (Lipinski definition) is 7. The number of rotatable bonds is 6. The summed E-state index contributed by atoms with van der Waals surface area (Å²) in [6.07, 6.45) is -5.47. The van der Waals surface area contributed by atoms with Gasteiger partial charge in [-0.05, 0) is 6.92 Å². The van der Waals surface area contributed by atoms with Gasteiger partial charge in [-0.15, -0.1) is 0 Å². The highest BCUT2D eigenvalue weighted by atomic mass is 35.5. The van der Waals surface area contributed by atoms with Gasteiger partial charge in [0.25, 0.3) is 11.4 Å². The van der Waals surface area contributed by atoms with E-state index in [-0.39, 0.29) is 17.0 Å². The Labute approximate surface area is 183 Å².